The van der Waals surface area contributed by atoms with Crippen LogP contribution in [0.2, 0.25) is 0 Å². The molecule has 1 aromatic carbocycles. The largest absolute Gasteiger partial charge is 0.383 e. The fourth-order valence-corrected chi connectivity index (χ4v) is 2.40. The van der Waals surface area contributed by atoms with Crippen molar-refractivity contribution in [2.45, 2.75) is 58.3 Å². The van der Waals surface area contributed by atoms with Crippen molar-refractivity contribution in [3.63, 3.8) is 0 Å². The molecule has 1 rings (SSSR count). The molecule has 0 unspecified atom stereocenters. The number of unbranched alkanes of at least 4 members (excludes halogenated alkanes) is 7. The van der Waals surface area contributed by atoms with Crippen LogP contribution in [-0.4, -0.2) is 12.5 Å². The number of nitrogens with two attached hydrogens (primary N) is 1. The molecule has 0 heterocycles. The normalized spacial score (nSPS) is 10.7. The fraction of sp³-hybridized carbons (Fsp3) is 0.588. The number of hydrogen-bond donors (Lipinski definition) is 2. The number of carbonyl (C=O) groups is 1. The molecular formula is C17H26F2N2O. The Balaban J connectivity index is 2.28. The third kappa shape index (κ3) is 6.00. The Hall–Kier alpha value is -1.65. The van der Waals surface area contributed by atoms with Gasteiger partial charge in [0.2, 0.25) is 0 Å². The maximum atomic E-state index is 13.9. The summed E-state index contributed by atoms with van der Waals surface area (Å²) in [5, 5.41) is 2.90. The van der Waals surface area contributed by atoms with E-state index in [1.807, 2.05) is 0 Å². The molecule has 1 amide bonds. The van der Waals surface area contributed by atoms with Crippen molar-refractivity contribution in [1.82, 2.24) is 0 Å². The minimum Gasteiger partial charge on any atom is -0.383 e. The first-order valence-corrected chi connectivity index (χ1v) is 8.09. The van der Waals surface area contributed by atoms with Crippen LogP contribution in [0.4, 0.5) is 14.5 Å². The quantitative estimate of drug-likeness (QED) is 0.586. The highest BCUT2D eigenvalue weighted by Gasteiger charge is 2.17. The van der Waals surface area contributed by atoms with Crippen LogP contribution in [0.5, 0.6) is 0 Å². The van der Waals surface area contributed by atoms with Gasteiger partial charge in [-0.05, 0) is 18.6 Å². The van der Waals surface area contributed by atoms with Crippen LogP contribution in [0.1, 0.15) is 68.6 Å². The number of halogens is 2. The van der Waals surface area contributed by atoms with Crippen molar-refractivity contribution < 1.29 is 13.6 Å². The molecule has 3 N–H and O–H groups in total. The summed E-state index contributed by atoms with van der Waals surface area (Å²) >= 11 is 0. The van der Waals surface area contributed by atoms with E-state index in [1.165, 1.54) is 44.6 Å². The molecule has 0 fully saturated rings. The summed E-state index contributed by atoms with van der Waals surface area (Å²) in [5.41, 5.74) is 4.43. The SMILES string of the molecule is CCCCCCCCCCNc1ccc(F)c(C(N)=O)c1F. The Morgan fingerprint density at radius 1 is 1.05 bits per heavy atom. The standard InChI is InChI=1S/C17H26F2N2O/c1-2-3-4-5-6-7-8-9-12-21-14-11-10-13(18)15(16(14)19)17(20)22/h10-11,21H,2-9,12H2,1H3,(H2,20,22). The summed E-state index contributed by atoms with van der Waals surface area (Å²) in [4.78, 5) is 11.0. The van der Waals surface area contributed by atoms with Crippen LogP contribution in [0, 0.1) is 11.6 Å². The van der Waals surface area contributed by atoms with Crippen molar-refractivity contribution in [2.24, 2.45) is 5.73 Å². The van der Waals surface area contributed by atoms with Gasteiger partial charge in [0.1, 0.15) is 11.4 Å². The summed E-state index contributed by atoms with van der Waals surface area (Å²) in [6.07, 6.45) is 9.51. The minimum atomic E-state index is -1.09. The second kappa shape index (κ2) is 10.1. The zero-order chi connectivity index (χ0) is 16.4. The first-order valence-electron chi connectivity index (χ1n) is 8.09. The third-order valence-electron chi connectivity index (χ3n) is 3.68. The van der Waals surface area contributed by atoms with Gasteiger partial charge in [-0.15, -0.1) is 0 Å². The van der Waals surface area contributed by atoms with Gasteiger partial charge in [-0.25, -0.2) is 8.78 Å². The Morgan fingerprint density at radius 2 is 1.64 bits per heavy atom. The van der Waals surface area contributed by atoms with Crippen LogP contribution >= 0.6 is 0 Å². The number of anilines is 1. The van der Waals surface area contributed by atoms with E-state index in [-0.39, 0.29) is 5.69 Å². The lowest BCUT2D eigenvalue weighted by Gasteiger charge is -2.10. The van der Waals surface area contributed by atoms with Gasteiger partial charge >= 0.3 is 0 Å². The van der Waals surface area contributed by atoms with Crippen LogP contribution in [0.3, 0.4) is 0 Å². The lowest BCUT2D eigenvalue weighted by atomic mass is 10.1. The second-order valence-electron chi connectivity index (χ2n) is 5.55. The van der Waals surface area contributed by atoms with Gasteiger partial charge in [0, 0.05) is 6.54 Å². The maximum Gasteiger partial charge on any atom is 0.254 e. The van der Waals surface area contributed by atoms with Crippen molar-refractivity contribution in [1.29, 1.82) is 0 Å². The van der Waals surface area contributed by atoms with Gasteiger partial charge in [0.25, 0.3) is 5.91 Å². The Morgan fingerprint density at radius 3 is 2.23 bits per heavy atom. The number of hydrogen-bond acceptors (Lipinski definition) is 2. The number of amides is 1. The highest BCUT2D eigenvalue weighted by molar-refractivity contribution is 5.94. The van der Waals surface area contributed by atoms with E-state index in [1.54, 1.807) is 0 Å². The van der Waals surface area contributed by atoms with Gasteiger partial charge in [-0.2, -0.15) is 0 Å². The summed E-state index contributed by atoms with van der Waals surface area (Å²) in [6.45, 7) is 2.79. The minimum absolute atomic E-state index is 0.123. The molecule has 0 atom stereocenters. The van der Waals surface area contributed by atoms with Crippen LogP contribution < -0.4 is 11.1 Å². The highest BCUT2D eigenvalue weighted by atomic mass is 19.1. The highest BCUT2D eigenvalue weighted by Crippen LogP contribution is 2.21. The Kier molecular flexibility index (Phi) is 8.48. The van der Waals surface area contributed by atoms with Crippen molar-refractivity contribution in [3.05, 3.63) is 29.3 Å². The lowest BCUT2D eigenvalue weighted by molar-refractivity contribution is 0.0992. The van der Waals surface area contributed by atoms with Crippen molar-refractivity contribution in [2.75, 3.05) is 11.9 Å². The molecule has 3 nitrogen and oxygen atoms in total. The van der Waals surface area contributed by atoms with E-state index in [0.717, 1.165) is 18.9 Å². The molecule has 0 aliphatic rings. The molecule has 1 aromatic rings. The number of nitrogens with one attached hydrogen (secondary N) is 1. The molecule has 5 heteroatoms. The van der Waals surface area contributed by atoms with E-state index in [0.29, 0.717) is 6.54 Å². The average Bonchev–Trinajstić information content (AvgIpc) is 2.47. The average molecular weight is 312 g/mol. The monoisotopic (exact) mass is 312 g/mol. The van der Waals surface area contributed by atoms with Gasteiger partial charge in [0.15, 0.2) is 5.82 Å². The number of benzene rings is 1. The van der Waals surface area contributed by atoms with Crippen LogP contribution in [0.15, 0.2) is 12.1 Å². The van der Waals surface area contributed by atoms with Gasteiger partial charge in [-0.1, -0.05) is 51.9 Å². The molecular weight excluding hydrogens is 286 g/mol. The van der Waals surface area contributed by atoms with E-state index in [2.05, 4.69) is 12.2 Å². The van der Waals surface area contributed by atoms with Crippen molar-refractivity contribution in [3.8, 4) is 0 Å². The maximum absolute atomic E-state index is 13.9. The van der Waals surface area contributed by atoms with E-state index >= 15 is 0 Å². The molecule has 0 aliphatic carbocycles. The summed E-state index contributed by atoms with van der Waals surface area (Å²) in [7, 11) is 0. The third-order valence-corrected chi connectivity index (χ3v) is 3.68. The molecule has 0 bridgehead atoms. The summed E-state index contributed by atoms with van der Waals surface area (Å²) in [6, 6.07) is 2.35. The molecule has 0 aromatic heterocycles. The predicted octanol–water partition coefficient (Wildman–Crippen LogP) is 4.62. The molecule has 0 saturated carbocycles. The van der Waals surface area contributed by atoms with Gasteiger partial charge in [-0.3, -0.25) is 4.79 Å². The molecule has 0 saturated heterocycles. The number of primary amides is 1. The van der Waals surface area contributed by atoms with Gasteiger partial charge in [0.05, 0.1) is 5.69 Å². The van der Waals surface area contributed by atoms with E-state index < -0.39 is 23.1 Å². The molecule has 22 heavy (non-hydrogen) atoms. The molecule has 0 radical (unpaired) electrons. The predicted molar refractivity (Wildman–Crippen MR) is 86.0 cm³/mol. The summed E-state index contributed by atoms with van der Waals surface area (Å²) in [5.74, 6) is -2.93. The van der Waals surface area contributed by atoms with Crippen LogP contribution in [0.25, 0.3) is 0 Å². The Labute approximate surface area is 131 Å². The van der Waals surface area contributed by atoms with Crippen molar-refractivity contribution >= 4 is 11.6 Å². The molecule has 124 valence electrons. The van der Waals surface area contributed by atoms with Crippen LogP contribution in [-0.2, 0) is 0 Å². The van der Waals surface area contributed by atoms with E-state index in [9.17, 15) is 13.6 Å². The first-order chi connectivity index (χ1) is 10.6. The topological polar surface area (TPSA) is 55.1 Å². The lowest BCUT2D eigenvalue weighted by Crippen LogP contribution is -2.17. The first kappa shape index (κ1) is 18.4. The molecule has 0 spiro atoms. The number of carbonyl (C=O) groups excluding carboxylic acids is 1. The molecule has 0 aliphatic heterocycles. The second-order valence-corrected chi connectivity index (χ2v) is 5.55. The Bertz CT molecular complexity index is 478. The fourth-order valence-electron chi connectivity index (χ4n) is 2.40. The van der Waals surface area contributed by atoms with Gasteiger partial charge < -0.3 is 11.1 Å². The zero-order valence-corrected chi connectivity index (χ0v) is 13.3. The van der Waals surface area contributed by atoms with E-state index in [4.69, 9.17) is 5.73 Å². The summed E-state index contributed by atoms with van der Waals surface area (Å²) < 4.78 is 27.3. The number of rotatable bonds is 11. The zero-order valence-electron chi connectivity index (χ0n) is 13.3. The smallest absolute Gasteiger partial charge is 0.254 e.